The van der Waals surface area contributed by atoms with Crippen molar-refractivity contribution in [3.05, 3.63) is 46.6 Å². The molecule has 1 amide bonds. The van der Waals surface area contributed by atoms with Crippen LogP contribution in [0.2, 0.25) is 0 Å². The molecule has 1 aliphatic rings. The van der Waals surface area contributed by atoms with Gasteiger partial charge < -0.3 is 9.88 Å². The predicted octanol–water partition coefficient (Wildman–Crippen LogP) is 2.65. The van der Waals surface area contributed by atoms with Crippen LogP contribution >= 0.6 is 11.3 Å². The summed E-state index contributed by atoms with van der Waals surface area (Å²) in [5.74, 6) is 1.10. The van der Waals surface area contributed by atoms with E-state index in [-0.39, 0.29) is 11.8 Å². The van der Waals surface area contributed by atoms with Crippen LogP contribution in [0.3, 0.4) is 0 Å². The molecule has 8 heteroatoms. The second-order valence-corrected chi connectivity index (χ2v) is 6.92. The van der Waals surface area contributed by atoms with E-state index in [4.69, 9.17) is 0 Å². The third kappa shape index (κ3) is 3.05. The normalized spacial score (nSPS) is 15.5. The summed E-state index contributed by atoms with van der Waals surface area (Å²) in [7, 11) is 0. The molecule has 0 unspecified atom stereocenters. The lowest BCUT2D eigenvalue weighted by molar-refractivity contribution is 0.0716. The van der Waals surface area contributed by atoms with Gasteiger partial charge in [0.05, 0.1) is 16.9 Å². The number of rotatable bonds is 3. The molecular weight excluding hydrogens is 336 g/mol. The van der Waals surface area contributed by atoms with Gasteiger partial charge in [0.15, 0.2) is 5.82 Å². The number of thiazole rings is 1. The Balaban J connectivity index is 1.50. The highest BCUT2D eigenvalue weighted by Gasteiger charge is 2.29. The van der Waals surface area contributed by atoms with Crippen LogP contribution in [-0.4, -0.2) is 48.8 Å². The quantitative estimate of drug-likeness (QED) is 0.781. The van der Waals surface area contributed by atoms with Crippen molar-refractivity contribution in [3.63, 3.8) is 0 Å². The van der Waals surface area contributed by atoms with Gasteiger partial charge in [-0.3, -0.25) is 9.78 Å². The number of piperidine rings is 1. The van der Waals surface area contributed by atoms with Gasteiger partial charge in [0.25, 0.3) is 5.91 Å². The Kier molecular flexibility index (Phi) is 4.27. The second-order valence-electron chi connectivity index (χ2n) is 6.06. The molecule has 0 radical (unpaired) electrons. The van der Waals surface area contributed by atoms with E-state index in [1.54, 1.807) is 30.3 Å². The van der Waals surface area contributed by atoms with Crippen LogP contribution in [0.5, 0.6) is 0 Å². The molecule has 1 fully saturated rings. The molecule has 128 valence electrons. The molecule has 1 aliphatic heterocycles. The van der Waals surface area contributed by atoms with E-state index in [1.165, 1.54) is 11.3 Å². The van der Waals surface area contributed by atoms with Crippen LogP contribution in [0, 0.1) is 6.92 Å². The number of nitrogens with one attached hydrogen (secondary N) is 1. The summed E-state index contributed by atoms with van der Waals surface area (Å²) < 4.78 is 0. The Morgan fingerprint density at radius 2 is 1.96 bits per heavy atom. The van der Waals surface area contributed by atoms with Gasteiger partial charge in [0.2, 0.25) is 0 Å². The van der Waals surface area contributed by atoms with Gasteiger partial charge in [0.1, 0.15) is 10.6 Å². The van der Waals surface area contributed by atoms with Crippen molar-refractivity contribution in [1.82, 2.24) is 29.8 Å². The zero-order valence-electron chi connectivity index (χ0n) is 13.8. The fourth-order valence-corrected chi connectivity index (χ4v) is 4.00. The van der Waals surface area contributed by atoms with Gasteiger partial charge >= 0.3 is 0 Å². The maximum atomic E-state index is 12.6. The Morgan fingerprint density at radius 3 is 2.64 bits per heavy atom. The smallest absolute Gasteiger partial charge is 0.265 e. The number of aromatic nitrogens is 5. The van der Waals surface area contributed by atoms with Gasteiger partial charge in [-0.15, -0.1) is 11.3 Å². The Morgan fingerprint density at radius 1 is 1.16 bits per heavy atom. The zero-order valence-corrected chi connectivity index (χ0v) is 14.7. The van der Waals surface area contributed by atoms with Gasteiger partial charge in [-0.1, -0.05) is 0 Å². The van der Waals surface area contributed by atoms with E-state index in [0.29, 0.717) is 0 Å². The number of H-pyrrole nitrogens is 1. The van der Waals surface area contributed by atoms with Crippen LogP contribution in [0.4, 0.5) is 0 Å². The fourth-order valence-electron chi connectivity index (χ4n) is 3.23. The van der Waals surface area contributed by atoms with Crippen LogP contribution in [0.1, 0.15) is 39.8 Å². The first-order valence-corrected chi connectivity index (χ1v) is 9.12. The highest BCUT2D eigenvalue weighted by Crippen LogP contribution is 2.32. The lowest BCUT2D eigenvalue weighted by Crippen LogP contribution is -2.38. The zero-order chi connectivity index (χ0) is 17.2. The molecule has 0 aliphatic carbocycles. The fraction of sp³-hybridized carbons (Fsp3) is 0.353. The van der Waals surface area contributed by atoms with Crippen LogP contribution in [0.25, 0.3) is 11.5 Å². The first-order chi connectivity index (χ1) is 12.2. The van der Waals surface area contributed by atoms with Crippen molar-refractivity contribution in [2.45, 2.75) is 25.7 Å². The Labute approximate surface area is 149 Å². The van der Waals surface area contributed by atoms with Gasteiger partial charge in [0, 0.05) is 43.8 Å². The summed E-state index contributed by atoms with van der Waals surface area (Å²) in [6, 6.07) is 0. The van der Waals surface area contributed by atoms with E-state index < -0.39 is 0 Å². The highest BCUT2D eigenvalue weighted by atomic mass is 32.1. The standard InChI is InChI=1S/C17H18N6OS/c1-11-15(25-10-22-11)17(24)23-8-2-12(3-9-23)13-14(19-5-4-18-13)16-20-6-7-21-16/h4-7,10,12H,2-3,8-9H2,1H3,(H,20,21). The molecule has 7 nitrogen and oxygen atoms in total. The molecule has 3 aromatic heterocycles. The molecule has 4 rings (SSSR count). The summed E-state index contributed by atoms with van der Waals surface area (Å²) in [6.07, 6.45) is 8.65. The monoisotopic (exact) mass is 354 g/mol. The first kappa shape index (κ1) is 15.9. The summed E-state index contributed by atoms with van der Waals surface area (Å²) in [4.78, 5) is 35.9. The lowest BCUT2D eigenvalue weighted by Gasteiger charge is -2.31. The number of carbonyl (C=O) groups excluding carboxylic acids is 1. The molecule has 3 aromatic rings. The van der Waals surface area contributed by atoms with Crippen molar-refractivity contribution in [1.29, 1.82) is 0 Å². The minimum Gasteiger partial charge on any atom is -0.343 e. The van der Waals surface area contributed by atoms with Crippen molar-refractivity contribution < 1.29 is 4.79 Å². The minimum atomic E-state index is 0.0869. The maximum Gasteiger partial charge on any atom is 0.265 e. The molecule has 0 bridgehead atoms. The number of imidazole rings is 1. The van der Waals surface area contributed by atoms with E-state index in [0.717, 1.165) is 53.7 Å². The summed E-state index contributed by atoms with van der Waals surface area (Å²) in [5, 5.41) is 0. The number of nitrogens with zero attached hydrogens (tertiary/aromatic N) is 5. The van der Waals surface area contributed by atoms with Gasteiger partial charge in [-0.05, 0) is 19.8 Å². The molecule has 0 spiro atoms. The SMILES string of the molecule is Cc1ncsc1C(=O)N1CCC(c2nccnc2-c2ncc[nH]2)CC1. The predicted molar refractivity (Wildman–Crippen MR) is 94.3 cm³/mol. The summed E-state index contributed by atoms with van der Waals surface area (Å²) in [6.45, 7) is 3.32. The molecule has 4 heterocycles. The Bertz CT molecular complexity index is 867. The van der Waals surface area contributed by atoms with Crippen molar-refractivity contribution >= 4 is 17.2 Å². The van der Waals surface area contributed by atoms with E-state index in [1.807, 2.05) is 11.8 Å². The van der Waals surface area contributed by atoms with E-state index in [9.17, 15) is 4.79 Å². The number of hydrogen-bond donors (Lipinski definition) is 1. The number of aromatic amines is 1. The molecule has 1 saturated heterocycles. The number of aryl methyl sites for hydroxylation is 1. The average Bonchev–Trinajstić information content (AvgIpc) is 3.33. The highest BCUT2D eigenvalue weighted by molar-refractivity contribution is 7.11. The minimum absolute atomic E-state index is 0.0869. The Hall–Kier alpha value is -2.61. The summed E-state index contributed by atoms with van der Waals surface area (Å²) >= 11 is 1.41. The van der Waals surface area contributed by atoms with E-state index >= 15 is 0 Å². The number of hydrogen-bond acceptors (Lipinski definition) is 6. The van der Waals surface area contributed by atoms with Crippen LogP contribution in [0.15, 0.2) is 30.3 Å². The molecule has 1 N–H and O–H groups in total. The van der Waals surface area contributed by atoms with Crippen molar-refractivity contribution in [2.24, 2.45) is 0 Å². The summed E-state index contributed by atoms with van der Waals surface area (Å²) in [5.41, 5.74) is 4.30. The average molecular weight is 354 g/mol. The molecule has 25 heavy (non-hydrogen) atoms. The number of amides is 1. The molecule has 0 atom stereocenters. The van der Waals surface area contributed by atoms with Gasteiger partial charge in [-0.2, -0.15) is 0 Å². The molecule has 0 saturated carbocycles. The third-order valence-electron chi connectivity index (χ3n) is 4.56. The lowest BCUT2D eigenvalue weighted by atomic mass is 9.91. The first-order valence-electron chi connectivity index (χ1n) is 8.24. The van der Waals surface area contributed by atoms with Crippen molar-refractivity contribution in [2.75, 3.05) is 13.1 Å². The third-order valence-corrected chi connectivity index (χ3v) is 5.47. The van der Waals surface area contributed by atoms with Crippen molar-refractivity contribution in [3.8, 4) is 11.5 Å². The largest absolute Gasteiger partial charge is 0.343 e. The maximum absolute atomic E-state index is 12.6. The molecule has 0 aromatic carbocycles. The van der Waals surface area contributed by atoms with Crippen LogP contribution in [-0.2, 0) is 0 Å². The molecular formula is C17H18N6OS. The second kappa shape index (κ2) is 6.72. The van der Waals surface area contributed by atoms with Gasteiger partial charge in [-0.25, -0.2) is 15.0 Å². The topological polar surface area (TPSA) is 87.7 Å². The van der Waals surface area contributed by atoms with Crippen LogP contribution < -0.4 is 0 Å². The number of carbonyl (C=O) groups is 1. The van der Waals surface area contributed by atoms with E-state index in [2.05, 4.69) is 24.9 Å². The number of likely N-dealkylation sites (tertiary alicyclic amines) is 1.